The van der Waals surface area contributed by atoms with Gasteiger partial charge in [-0.3, -0.25) is 10.1 Å². The van der Waals surface area contributed by atoms with Crippen molar-refractivity contribution in [2.75, 3.05) is 0 Å². The Hall–Kier alpha value is -2.69. The lowest BCUT2D eigenvalue weighted by Gasteiger charge is -1.98. The molecule has 0 N–H and O–H groups in total. The first-order valence-corrected chi connectivity index (χ1v) is 7.29. The van der Waals surface area contributed by atoms with Crippen LogP contribution >= 0.6 is 0 Å². The first-order chi connectivity index (χ1) is 10.6. The Morgan fingerprint density at radius 1 is 1.14 bits per heavy atom. The molecule has 0 atom stereocenters. The Kier molecular flexibility index (Phi) is 3.63. The number of nitro benzene ring substituents is 1. The number of non-ortho nitro benzene ring substituents is 1. The smallest absolute Gasteiger partial charge is 0.272 e. The highest BCUT2D eigenvalue weighted by Crippen LogP contribution is 2.30. The minimum absolute atomic E-state index is 0.0468. The molecule has 3 aromatic rings. The number of hydrogen-bond donors (Lipinski definition) is 0. The fourth-order valence-corrected chi connectivity index (χ4v) is 2.46. The van der Waals surface area contributed by atoms with Gasteiger partial charge in [-0.05, 0) is 30.5 Å². The molecule has 22 heavy (non-hydrogen) atoms. The molecule has 0 saturated heterocycles. The van der Waals surface area contributed by atoms with Crippen LogP contribution in [0.15, 0.2) is 40.8 Å². The van der Waals surface area contributed by atoms with Crippen LogP contribution in [0.5, 0.6) is 0 Å². The molecule has 0 amide bonds. The highest BCUT2D eigenvalue weighted by atomic mass is 16.6. The molecule has 3 rings (SSSR count). The van der Waals surface area contributed by atoms with Crippen molar-refractivity contribution in [1.82, 2.24) is 4.98 Å². The van der Waals surface area contributed by atoms with Crippen LogP contribution in [0.1, 0.15) is 25.0 Å². The van der Waals surface area contributed by atoms with Crippen LogP contribution in [0.25, 0.3) is 22.6 Å². The number of hydrogen-bond acceptors (Lipinski definition) is 4. The lowest BCUT2D eigenvalue weighted by Crippen LogP contribution is -1.90. The minimum Gasteiger partial charge on any atom is -0.436 e. The van der Waals surface area contributed by atoms with Gasteiger partial charge in [0.05, 0.1) is 4.92 Å². The SMILES string of the molecule is CCc1ccc(-c2nc3cc([N+](=O)[O-])cc(CC)c3o2)cc1. The standard InChI is InChI=1S/C17H16N2O3/c1-3-11-5-7-13(8-6-11)17-18-15-10-14(19(20)21)9-12(4-2)16(15)22-17/h5-10H,3-4H2,1-2H3. The second-order valence-electron chi connectivity index (χ2n) is 5.13. The topological polar surface area (TPSA) is 69.2 Å². The van der Waals surface area contributed by atoms with E-state index in [1.807, 2.05) is 31.2 Å². The molecule has 0 bridgehead atoms. The molecule has 0 unspecified atom stereocenters. The summed E-state index contributed by atoms with van der Waals surface area (Å²) in [6, 6.07) is 11.0. The van der Waals surface area contributed by atoms with Gasteiger partial charge in [0.25, 0.3) is 5.69 Å². The maximum Gasteiger partial charge on any atom is 0.272 e. The molecule has 0 spiro atoms. The van der Waals surface area contributed by atoms with Crippen molar-refractivity contribution >= 4 is 16.8 Å². The maximum atomic E-state index is 11.0. The third kappa shape index (κ3) is 2.45. The molecule has 1 aromatic heterocycles. The van der Waals surface area contributed by atoms with E-state index in [1.54, 1.807) is 6.07 Å². The van der Waals surface area contributed by atoms with Gasteiger partial charge >= 0.3 is 0 Å². The van der Waals surface area contributed by atoms with E-state index in [9.17, 15) is 10.1 Å². The quantitative estimate of drug-likeness (QED) is 0.524. The largest absolute Gasteiger partial charge is 0.436 e. The van der Waals surface area contributed by atoms with E-state index in [0.717, 1.165) is 17.5 Å². The number of oxazole rings is 1. The van der Waals surface area contributed by atoms with E-state index in [-0.39, 0.29) is 5.69 Å². The summed E-state index contributed by atoms with van der Waals surface area (Å²) < 4.78 is 5.85. The van der Waals surface area contributed by atoms with E-state index in [0.29, 0.717) is 23.4 Å². The third-order valence-corrected chi connectivity index (χ3v) is 3.75. The summed E-state index contributed by atoms with van der Waals surface area (Å²) in [5.41, 5.74) is 4.12. The number of rotatable bonds is 4. The van der Waals surface area contributed by atoms with Crippen molar-refractivity contribution in [3.05, 3.63) is 57.6 Å². The molecular formula is C17H16N2O3. The minimum atomic E-state index is -0.400. The predicted octanol–water partition coefficient (Wildman–Crippen LogP) is 4.53. The van der Waals surface area contributed by atoms with Gasteiger partial charge in [0.15, 0.2) is 5.58 Å². The normalized spacial score (nSPS) is 11.0. The van der Waals surface area contributed by atoms with Crippen molar-refractivity contribution in [3.63, 3.8) is 0 Å². The van der Waals surface area contributed by atoms with Crippen molar-refractivity contribution in [2.45, 2.75) is 26.7 Å². The Morgan fingerprint density at radius 2 is 1.86 bits per heavy atom. The number of aryl methyl sites for hydroxylation is 2. The molecule has 112 valence electrons. The Bertz CT molecular complexity index is 835. The Labute approximate surface area is 127 Å². The first-order valence-electron chi connectivity index (χ1n) is 7.29. The summed E-state index contributed by atoms with van der Waals surface area (Å²) in [4.78, 5) is 15.0. The van der Waals surface area contributed by atoms with Gasteiger partial charge in [-0.15, -0.1) is 0 Å². The second-order valence-corrected chi connectivity index (χ2v) is 5.13. The number of benzene rings is 2. The zero-order valence-corrected chi connectivity index (χ0v) is 12.5. The Balaban J connectivity index is 2.13. The summed E-state index contributed by atoms with van der Waals surface area (Å²) in [6.45, 7) is 4.04. The van der Waals surface area contributed by atoms with Gasteiger partial charge in [-0.1, -0.05) is 26.0 Å². The van der Waals surface area contributed by atoms with Gasteiger partial charge in [0.1, 0.15) is 5.52 Å². The lowest BCUT2D eigenvalue weighted by molar-refractivity contribution is -0.384. The highest BCUT2D eigenvalue weighted by Gasteiger charge is 2.16. The summed E-state index contributed by atoms with van der Waals surface area (Å²) in [6.07, 6.45) is 1.63. The van der Waals surface area contributed by atoms with Crippen LogP contribution in [-0.2, 0) is 12.8 Å². The summed E-state index contributed by atoms with van der Waals surface area (Å²) >= 11 is 0. The van der Waals surface area contributed by atoms with Crippen LogP contribution < -0.4 is 0 Å². The molecule has 0 aliphatic rings. The highest BCUT2D eigenvalue weighted by molar-refractivity contribution is 5.82. The molecule has 0 radical (unpaired) electrons. The van der Waals surface area contributed by atoms with Crippen LogP contribution in [-0.4, -0.2) is 9.91 Å². The first kappa shape index (κ1) is 14.3. The molecule has 5 nitrogen and oxygen atoms in total. The molecule has 1 heterocycles. The monoisotopic (exact) mass is 296 g/mol. The van der Waals surface area contributed by atoms with E-state index in [2.05, 4.69) is 11.9 Å². The molecule has 0 fully saturated rings. The summed E-state index contributed by atoms with van der Waals surface area (Å²) in [5.74, 6) is 0.493. The number of fused-ring (bicyclic) bond motifs is 1. The zero-order chi connectivity index (χ0) is 15.7. The van der Waals surface area contributed by atoms with E-state index < -0.39 is 4.92 Å². The average molecular weight is 296 g/mol. The molecule has 0 aliphatic heterocycles. The van der Waals surface area contributed by atoms with Crippen LogP contribution in [0.4, 0.5) is 5.69 Å². The number of nitro groups is 1. The van der Waals surface area contributed by atoms with Gasteiger partial charge in [0.2, 0.25) is 5.89 Å². The zero-order valence-electron chi connectivity index (χ0n) is 12.5. The van der Waals surface area contributed by atoms with Crippen molar-refractivity contribution in [2.24, 2.45) is 0 Å². The lowest BCUT2D eigenvalue weighted by atomic mass is 10.1. The second kappa shape index (κ2) is 5.60. The average Bonchev–Trinajstić information content (AvgIpc) is 2.97. The number of nitrogens with zero attached hydrogens (tertiary/aromatic N) is 2. The van der Waals surface area contributed by atoms with Crippen LogP contribution in [0.3, 0.4) is 0 Å². The molecule has 0 saturated carbocycles. The summed E-state index contributed by atoms with van der Waals surface area (Å²) in [7, 11) is 0. The fraction of sp³-hybridized carbons (Fsp3) is 0.235. The van der Waals surface area contributed by atoms with Crippen LogP contribution in [0.2, 0.25) is 0 Å². The van der Waals surface area contributed by atoms with E-state index in [4.69, 9.17) is 4.42 Å². The van der Waals surface area contributed by atoms with E-state index in [1.165, 1.54) is 11.6 Å². The molecule has 5 heteroatoms. The molecule has 0 aliphatic carbocycles. The van der Waals surface area contributed by atoms with Crippen LogP contribution in [0, 0.1) is 10.1 Å². The molecular weight excluding hydrogens is 280 g/mol. The van der Waals surface area contributed by atoms with Crippen molar-refractivity contribution < 1.29 is 9.34 Å². The maximum absolute atomic E-state index is 11.0. The van der Waals surface area contributed by atoms with E-state index >= 15 is 0 Å². The predicted molar refractivity (Wildman–Crippen MR) is 84.9 cm³/mol. The third-order valence-electron chi connectivity index (χ3n) is 3.75. The van der Waals surface area contributed by atoms with Gasteiger partial charge in [0, 0.05) is 23.3 Å². The Morgan fingerprint density at radius 3 is 2.45 bits per heavy atom. The fourth-order valence-electron chi connectivity index (χ4n) is 2.46. The summed E-state index contributed by atoms with van der Waals surface area (Å²) in [5, 5.41) is 11.0. The van der Waals surface area contributed by atoms with Gasteiger partial charge in [-0.25, -0.2) is 4.98 Å². The van der Waals surface area contributed by atoms with Crippen molar-refractivity contribution in [1.29, 1.82) is 0 Å². The number of aromatic nitrogens is 1. The van der Waals surface area contributed by atoms with Gasteiger partial charge < -0.3 is 4.42 Å². The van der Waals surface area contributed by atoms with Gasteiger partial charge in [-0.2, -0.15) is 0 Å². The molecule has 2 aromatic carbocycles. The van der Waals surface area contributed by atoms with Crippen molar-refractivity contribution in [3.8, 4) is 11.5 Å².